The van der Waals surface area contributed by atoms with Gasteiger partial charge in [0.15, 0.2) is 0 Å². The van der Waals surface area contributed by atoms with Crippen molar-refractivity contribution in [2.45, 2.75) is 45.3 Å². The molecule has 0 bridgehead atoms. The molecule has 1 aromatic rings. The highest BCUT2D eigenvalue weighted by atomic mass is 79.9. The zero-order valence-corrected chi connectivity index (χ0v) is 14.4. The molecule has 1 atom stereocenters. The van der Waals surface area contributed by atoms with Crippen molar-refractivity contribution < 1.29 is 14.3 Å². The highest BCUT2D eigenvalue weighted by molar-refractivity contribution is 9.10. The van der Waals surface area contributed by atoms with Gasteiger partial charge in [-0.2, -0.15) is 0 Å². The number of amides is 1. The van der Waals surface area contributed by atoms with Crippen LogP contribution in [0.1, 0.15) is 33.6 Å². The first kappa shape index (κ1) is 16.1. The van der Waals surface area contributed by atoms with Crippen LogP contribution >= 0.6 is 15.9 Å². The van der Waals surface area contributed by atoms with Crippen LogP contribution in [0.3, 0.4) is 0 Å². The predicted molar refractivity (Wildman–Crippen MR) is 85.6 cm³/mol. The van der Waals surface area contributed by atoms with Crippen LogP contribution in [0.5, 0.6) is 5.75 Å². The Bertz CT molecular complexity index is 481. The van der Waals surface area contributed by atoms with Gasteiger partial charge in [0.1, 0.15) is 17.5 Å². The summed E-state index contributed by atoms with van der Waals surface area (Å²) < 4.78 is 12.4. The number of likely N-dealkylation sites (tertiary alicyclic amines) is 1. The molecule has 1 fully saturated rings. The van der Waals surface area contributed by atoms with Crippen LogP contribution in [0.2, 0.25) is 0 Å². The molecule has 0 spiro atoms. The van der Waals surface area contributed by atoms with Crippen molar-refractivity contribution in [3.05, 3.63) is 28.7 Å². The number of nitrogens with zero attached hydrogens (tertiary/aromatic N) is 1. The van der Waals surface area contributed by atoms with Crippen LogP contribution in [0.15, 0.2) is 28.7 Å². The Morgan fingerprint density at radius 3 is 2.57 bits per heavy atom. The van der Waals surface area contributed by atoms with Gasteiger partial charge in [-0.25, -0.2) is 4.79 Å². The maximum atomic E-state index is 12.1. The first-order chi connectivity index (χ1) is 9.83. The molecule has 1 aliphatic heterocycles. The average Bonchev–Trinajstić information content (AvgIpc) is 2.40. The third kappa shape index (κ3) is 5.23. The summed E-state index contributed by atoms with van der Waals surface area (Å²) in [7, 11) is 0. The van der Waals surface area contributed by atoms with Crippen molar-refractivity contribution in [1.29, 1.82) is 0 Å². The fourth-order valence-electron chi connectivity index (χ4n) is 2.23. The van der Waals surface area contributed by atoms with E-state index in [0.29, 0.717) is 6.54 Å². The molecule has 21 heavy (non-hydrogen) atoms. The number of halogens is 1. The molecule has 0 unspecified atom stereocenters. The van der Waals surface area contributed by atoms with Gasteiger partial charge in [0.25, 0.3) is 0 Å². The lowest BCUT2D eigenvalue weighted by atomic mass is 10.1. The van der Waals surface area contributed by atoms with Crippen molar-refractivity contribution in [2.75, 3.05) is 13.1 Å². The minimum absolute atomic E-state index is 0.0208. The Morgan fingerprint density at radius 1 is 1.29 bits per heavy atom. The van der Waals surface area contributed by atoms with Crippen LogP contribution < -0.4 is 4.74 Å². The molecule has 1 aromatic carbocycles. The molecular weight excluding hydrogens is 334 g/mol. The second-order valence-electron chi connectivity index (χ2n) is 6.26. The van der Waals surface area contributed by atoms with Gasteiger partial charge < -0.3 is 14.4 Å². The van der Waals surface area contributed by atoms with E-state index in [1.165, 1.54) is 0 Å². The SMILES string of the molecule is CC(C)(C)OC(=O)N1CCC[C@H](Oc2ccc(Br)cc2)C1. The van der Waals surface area contributed by atoms with Crippen LogP contribution in [0.4, 0.5) is 4.79 Å². The number of benzene rings is 1. The summed E-state index contributed by atoms with van der Waals surface area (Å²) in [6, 6.07) is 7.75. The summed E-state index contributed by atoms with van der Waals surface area (Å²) in [5.41, 5.74) is -0.462. The molecule has 0 saturated carbocycles. The summed E-state index contributed by atoms with van der Waals surface area (Å²) in [5, 5.41) is 0. The topological polar surface area (TPSA) is 38.8 Å². The first-order valence-corrected chi connectivity index (χ1v) is 8.03. The lowest BCUT2D eigenvalue weighted by Crippen LogP contribution is -2.46. The lowest BCUT2D eigenvalue weighted by molar-refractivity contribution is 0.00776. The maximum Gasteiger partial charge on any atom is 0.410 e. The second-order valence-corrected chi connectivity index (χ2v) is 7.18. The van der Waals surface area contributed by atoms with Gasteiger partial charge in [0.2, 0.25) is 0 Å². The molecule has 116 valence electrons. The van der Waals surface area contributed by atoms with Gasteiger partial charge in [0.05, 0.1) is 6.54 Å². The average molecular weight is 356 g/mol. The Kier molecular flexibility index (Phi) is 5.14. The van der Waals surface area contributed by atoms with E-state index in [1.54, 1.807) is 4.90 Å². The minimum atomic E-state index is -0.462. The van der Waals surface area contributed by atoms with E-state index in [1.807, 2.05) is 45.0 Å². The molecule has 0 aromatic heterocycles. The minimum Gasteiger partial charge on any atom is -0.489 e. The fourth-order valence-corrected chi connectivity index (χ4v) is 2.50. The number of carbonyl (C=O) groups is 1. The Hall–Kier alpha value is -1.23. The predicted octanol–water partition coefficient (Wildman–Crippen LogP) is 4.23. The van der Waals surface area contributed by atoms with Crippen LogP contribution in [-0.2, 0) is 4.74 Å². The van der Waals surface area contributed by atoms with E-state index in [-0.39, 0.29) is 12.2 Å². The molecule has 1 amide bonds. The Morgan fingerprint density at radius 2 is 1.95 bits per heavy atom. The van der Waals surface area contributed by atoms with Crippen molar-refractivity contribution >= 4 is 22.0 Å². The quantitative estimate of drug-likeness (QED) is 0.796. The number of hydrogen-bond acceptors (Lipinski definition) is 3. The van der Waals surface area contributed by atoms with E-state index in [2.05, 4.69) is 15.9 Å². The molecule has 4 nitrogen and oxygen atoms in total. The Balaban J connectivity index is 1.91. The molecule has 0 aliphatic carbocycles. The number of hydrogen-bond donors (Lipinski definition) is 0. The normalized spacial score (nSPS) is 19.2. The number of piperidine rings is 1. The third-order valence-electron chi connectivity index (χ3n) is 3.15. The van der Waals surface area contributed by atoms with Crippen LogP contribution in [0.25, 0.3) is 0 Å². The van der Waals surface area contributed by atoms with Crippen molar-refractivity contribution in [1.82, 2.24) is 4.90 Å². The van der Waals surface area contributed by atoms with Gasteiger partial charge >= 0.3 is 6.09 Å². The van der Waals surface area contributed by atoms with Crippen LogP contribution in [-0.4, -0.2) is 35.8 Å². The maximum absolute atomic E-state index is 12.1. The molecule has 5 heteroatoms. The van der Waals surface area contributed by atoms with Crippen molar-refractivity contribution in [2.24, 2.45) is 0 Å². The zero-order chi connectivity index (χ0) is 15.5. The number of carbonyl (C=O) groups excluding carboxylic acids is 1. The third-order valence-corrected chi connectivity index (χ3v) is 3.67. The van der Waals surface area contributed by atoms with E-state index in [4.69, 9.17) is 9.47 Å². The summed E-state index contributed by atoms with van der Waals surface area (Å²) >= 11 is 3.40. The molecule has 1 heterocycles. The summed E-state index contributed by atoms with van der Waals surface area (Å²) in [5.74, 6) is 0.828. The van der Waals surface area contributed by atoms with Crippen LogP contribution in [0, 0.1) is 0 Å². The largest absolute Gasteiger partial charge is 0.489 e. The molecule has 0 radical (unpaired) electrons. The van der Waals surface area contributed by atoms with E-state index >= 15 is 0 Å². The van der Waals surface area contributed by atoms with Crippen molar-refractivity contribution in [3.63, 3.8) is 0 Å². The Labute approximate surface area is 134 Å². The second kappa shape index (κ2) is 6.69. The molecular formula is C16H22BrNO3. The van der Waals surface area contributed by atoms with E-state index < -0.39 is 5.60 Å². The van der Waals surface area contributed by atoms with E-state index in [9.17, 15) is 4.79 Å². The standard InChI is InChI=1S/C16H22BrNO3/c1-16(2,3)21-15(19)18-10-4-5-14(11-18)20-13-8-6-12(17)7-9-13/h6-9,14H,4-5,10-11H2,1-3H3/t14-/m0/s1. The molecule has 1 saturated heterocycles. The van der Waals surface area contributed by atoms with Gasteiger partial charge in [-0.3, -0.25) is 0 Å². The first-order valence-electron chi connectivity index (χ1n) is 7.24. The highest BCUT2D eigenvalue weighted by Gasteiger charge is 2.28. The lowest BCUT2D eigenvalue weighted by Gasteiger charge is -2.34. The summed E-state index contributed by atoms with van der Waals surface area (Å²) in [6.45, 7) is 6.94. The zero-order valence-electron chi connectivity index (χ0n) is 12.8. The van der Waals surface area contributed by atoms with E-state index in [0.717, 1.165) is 29.6 Å². The summed E-state index contributed by atoms with van der Waals surface area (Å²) in [4.78, 5) is 13.8. The smallest absolute Gasteiger partial charge is 0.410 e. The monoisotopic (exact) mass is 355 g/mol. The van der Waals surface area contributed by atoms with Gasteiger partial charge in [-0.15, -0.1) is 0 Å². The highest BCUT2D eigenvalue weighted by Crippen LogP contribution is 2.22. The molecule has 1 aliphatic rings. The van der Waals surface area contributed by atoms with Gasteiger partial charge in [0, 0.05) is 11.0 Å². The summed E-state index contributed by atoms with van der Waals surface area (Å²) in [6.07, 6.45) is 1.65. The fraction of sp³-hybridized carbons (Fsp3) is 0.562. The van der Waals surface area contributed by atoms with Crippen molar-refractivity contribution in [3.8, 4) is 5.75 Å². The van der Waals surface area contributed by atoms with Gasteiger partial charge in [-0.05, 0) is 57.9 Å². The van der Waals surface area contributed by atoms with Gasteiger partial charge in [-0.1, -0.05) is 15.9 Å². The number of ether oxygens (including phenoxy) is 2. The molecule has 0 N–H and O–H groups in total. The number of rotatable bonds is 2. The molecule has 2 rings (SSSR count).